The fourth-order valence-electron chi connectivity index (χ4n) is 3.30. The number of hydrogen-bond donors (Lipinski definition) is 1. The van der Waals surface area contributed by atoms with Crippen molar-refractivity contribution in [1.82, 2.24) is 5.32 Å². The van der Waals surface area contributed by atoms with Crippen LogP contribution in [0.1, 0.15) is 61.8 Å². The van der Waals surface area contributed by atoms with E-state index >= 15 is 0 Å². The first-order chi connectivity index (χ1) is 8.72. The van der Waals surface area contributed by atoms with Crippen molar-refractivity contribution in [3.05, 3.63) is 34.9 Å². The van der Waals surface area contributed by atoms with E-state index in [4.69, 9.17) is 0 Å². The molecular weight excluding hydrogens is 218 g/mol. The lowest BCUT2D eigenvalue weighted by atomic mass is 9.90. The Kier molecular flexibility index (Phi) is 4.82. The molecule has 0 aromatic heterocycles. The van der Waals surface area contributed by atoms with E-state index in [0.717, 1.165) is 12.5 Å². The van der Waals surface area contributed by atoms with Crippen LogP contribution < -0.4 is 5.32 Å². The lowest BCUT2D eigenvalue weighted by molar-refractivity contribution is 0.399. The summed E-state index contributed by atoms with van der Waals surface area (Å²) in [4.78, 5) is 0. The molecule has 0 radical (unpaired) electrons. The second-order valence-electron chi connectivity index (χ2n) is 5.79. The predicted molar refractivity (Wildman–Crippen MR) is 78.9 cm³/mol. The van der Waals surface area contributed by atoms with Gasteiger partial charge in [0.25, 0.3) is 0 Å². The molecule has 2 rings (SSSR count). The van der Waals surface area contributed by atoms with E-state index in [2.05, 4.69) is 44.3 Å². The monoisotopic (exact) mass is 245 g/mol. The van der Waals surface area contributed by atoms with Crippen LogP contribution in [0.15, 0.2) is 18.2 Å². The quantitative estimate of drug-likeness (QED) is 0.803. The average Bonchev–Trinajstić information content (AvgIpc) is 2.85. The third kappa shape index (κ3) is 3.14. The van der Waals surface area contributed by atoms with E-state index in [1.807, 2.05) is 0 Å². The Bertz CT molecular complexity index is 377. The van der Waals surface area contributed by atoms with Crippen LogP contribution in [-0.2, 0) is 0 Å². The Hall–Kier alpha value is -0.820. The van der Waals surface area contributed by atoms with Crippen LogP contribution in [0.4, 0.5) is 0 Å². The molecule has 1 aromatic carbocycles. The van der Waals surface area contributed by atoms with Gasteiger partial charge in [-0.2, -0.15) is 0 Å². The fraction of sp³-hybridized carbons (Fsp3) is 0.647. The molecule has 1 unspecified atom stereocenters. The second-order valence-corrected chi connectivity index (χ2v) is 5.79. The lowest BCUT2D eigenvalue weighted by Gasteiger charge is -2.24. The van der Waals surface area contributed by atoms with Gasteiger partial charge in [-0.25, -0.2) is 0 Å². The Morgan fingerprint density at radius 3 is 2.61 bits per heavy atom. The third-order valence-corrected chi connectivity index (χ3v) is 4.52. The maximum absolute atomic E-state index is 3.69. The summed E-state index contributed by atoms with van der Waals surface area (Å²) in [6.45, 7) is 7.76. The largest absolute Gasteiger partial charge is 0.310 e. The minimum absolute atomic E-state index is 0.554. The SMILES string of the molecule is CCNC(CC1CCCC1)c1cccc(C)c1C. The Balaban J connectivity index is 2.14. The van der Waals surface area contributed by atoms with Crippen molar-refractivity contribution in [3.8, 4) is 0 Å². The second kappa shape index (κ2) is 6.38. The Morgan fingerprint density at radius 2 is 1.94 bits per heavy atom. The summed E-state index contributed by atoms with van der Waals surface area (Å²) in [5.41, 5.74) is 4.41. The smallest absolute Gasteiger partial charge is 0.0325 e. The molecule has 0 bridgehead atoms. The highest BCUT2D eigenvalue weighted by atomic mass is 14.9. The van der Waals surface area contributed by atoms with Crippen molar-refractivity contribution in [1.29, 1.82) is 0 Å². The number of hydrogen-bond acceptors (Lipinski definition) is 1. The minimum Gasteiger partial charge on any atom is -0.310 e. The van der Waals surface area contributed by atoms with Gasteiger partial charge in [-0.15, -0.1) is 0 Å². The molecular formula is C17H27N. The molecule has 1 atom stereocenters. The van der Waals surface area contributed by atoms with E-state index in [9.17, 15) is 0 Å². The molecule has 1 heteroatoms. The number of benzene rings is 1. The van der Waals surface area contributed by atoms with Gasteiger partial charge in [0.1, 0.15) is 0 Å². The number of nitrogens with one attached hydrogen (secondary N) is 1. The average molecular weight is 245 g/mol. The topological polar surface area (TPSA) is 12.0 Å². The summed E-state index contributed by atoms with van der Waals surface area (Å²) >= 11 is 0. The van der Waals surface area contributed by atoms with Crippen LogP contribution >= 0.6 is 0 Å². The van der Waals surface area contributed by atoms with Gasteiger partial charge < -0.3 is 5.32 Å². The van der Waals surface area contributed by atoms with Crippen molar-refractivity contribution >= 4 is 0 Å². The molecule has 0 saturated heterocycles. The van der Waals surface area contributed by atoms with E-state index < -0.39 is 0 Å². The van der Waals surface area contributed by atoms with Gasteiger partial charge in [0.2, 0.25) is 0 Å². The van der Waals surface area contributed by atoms with E-state index in [-0.39, 0.29) is 0 Å². The van der Waals surface area contributed by atoms with Crippen LogP contribution in [0.25, 0.3) is 0 Å². The molecule has 100 valence electrons. The maximum atomic E-state index is 3.69. The summed E-state index contributed by atoms with van der Waals surface area (Å²) in [6.07, 6.45) is 7.07. The highest BCUT2D eigenvalue weighted by Gasteiger charge is 2.21. The highest BCUT2D eigenvalue weighted by Crippen LogP contribution is 2.34. The third-order valence-electron chi connectivity index (χ3n) is 4.52. The van der Waals surface area contributed by atoms with Gasteiger partial charge in [0, 0.05) is 6.04 Å². The van der Waals surface area contributed by atoms with Crippen LogP contribution in [-0.4, -0.2) is 6.54 Å². The van der Waals surface area contributed by atoms with Crippen LogP contribution in [0.3, 0.4) is 0 Å². The summed E-state index contributed by atoms with van der Waals surface area (Å²) in [5, 5.41) is 3.69. The first-order valence-electron chi connectivity index (χ1n) is 7.52. The van der Waals surface area contributed by atoms with Gasteiger partial charge in [0.15, 0.2) is 0 Å². The van der Waals surface area contributed by atoms with E-state index in [1.165, 1.54) is 48.8 Å². The van der Waals surface area contributed by atoms with Crippen LogP contribution in [0.2, 0.25) is 0 Å². The number of aryl methyl sites for hydroxylation is 1. The normalized spacial score (nSPS) is 18.2. The zero-order valence-electron chi connectivity index (χ0n) is 12.1. The van der Waals surface area contributed by atoms with E-state index in [1.54, 1.807) is 0 Å². The predicted octanol–water partition coefficient (Wildman–Crippen LogP) is 4.53. The van der Waals surface area contributed by atoms with E-state index in [0.29, 0.717) is 6.04 Å². The minimum atomic E-state index is 0.554. The lowest BCUT2D eigenvalue weighted by Crippen LogP contribution is -2.24. The molecule has 1 aromatic rings. The summed E-state index contributed by atoms with van der Waals surface area (Å²) < 4.78 is 0. The van der Waals surface area contributed by atoms with Gasteiger partial charge in [-0.05, 0) is 49.4 Å². The molecule has 0 aliphatic heterocycles. The molecule has 1 saturated carbocycles. The zero-order valence-corrected chi connectivity index (χ0v) is 12.1. The van der Waals surface area contributed by atoms with Crippen LogP contribution in [0, 0.1) is 19.8 Å². The van der Waals surface area contributed by atoms with Crippen molar-refractivity contribution in [3.63, 3.8) is 0 Å². The van der Waals surface area contributed by atoms with Gasteiger partial charge in [0.05, 0.1) is 0 Å². The molecule has 1 N–H and O–H groups in total. The molecule has 18 heavy (non-hydrogen) atoms. The zero-order chi connectivity index (χ0) is 13.0. The highest BCUT2D eigenvalue weighted by molar-refractivity contribution is 5.35. The van der Waals surface area contributed by atoms with Crippen molar-refractivity contribution in [2.45, 2.75) is 58.9 Å². The number of rotatable bonds is 5. The Morgan fingerprint density at radius 1 is 1.22 bits per heavy atom. The summed E-state index contributed by atoms with van der Waals surface area (Å²) in [6, 6.07) is 7.29. The molecule has 1 aliphatic carbocycles. The Labute approximate surface area is 112 Å². The molecule has 1 aliphatic rings. The molecule has 0 spiro atoms. The van der Waals surface area contributed by atoms with Crippen LogP contribution in [0.5, 0.6) is 0 Å². The maximum Gasteiger partial charge on any atom is 0.0325 e. The van der Waals surface area contributed by atoms with Crippen molar-refractivity contribution in [2.24, 2.45) is 5.92 Å². The molecule has 1 nitrogen and oxygen atoms in total. The first-order valence-corrected chi connectivity index (χ1v) is 7.52. The first kappa shape index (κ1) is 13.6. The van der Waals surface area contributed by atoms with Crippen molar-refractivity contribution in [2.75, 3.05) is 6.54 Å². The van der Waals surface area contributed by atoms with Gasteiger partial charge in [-0.3, -0.25) is 0 Å². The van der Waals surface area contributed by atoms with Gasteiger partial charge in [-0.1, -0.05) is 50.8 Å². The summed E-state index contributed by atoms with van der Waals surface area (Å²) in [7, 11) is 0. The summed E-state index contributed by atoms with van der Waals surface area (Å²) in [5.74, 6) is 0.939. The standard InChI is InChI=1S/C17H27N/c1-4-18-17(12-15-9-5-6-10-15)16-11-7-8-13(2)14(16)3/h7-8,11,15,17-18H,4-6,9-10,12H2,1-3H3. The van der Waals surface area contributed by atoms with Gasteiger partial charge >= 0.3 is 0 Å². The molecule has 0 heterocycles. The molecule has 1 fully saturated rings. The van der Waals surface area contributed by atoms with Crippen molar-refractivity contribution < 1.29 is 0 Å². The fourth-order valence-corrected chi connectivity index (χ4v) is 3.30. The molecule has 0 amide bonds.